The van der Waals surface area contributed by atoms with Gasteiger partial charge in [0.05, 0.1) is 51.2 Å². The Labute approximate surface area is 211 Å². The van der Waals surface area contributed by atoms with E-state index in [-0.39, 0.29) is 5.91 Å². The van der Waals surface area contributed by atoms with Gasteiger partial charge in [-0.15, -0.1) is 0 Å². The number of amides is 1. The van der Waals surface area contributed by atoms with Gasteiger partial charge in [0.2, 0.25) is 0 Å². The van der Waals surface area contributed by atoms with Crippen LogP contribution in [0.15, 0.2) is 52.6 Å². The quantitative estimate of drug-likeness (QED) is 0.457. The van der Waals surface area contributed by atoms with Crippen molar-refractivity contribution in [3.8, 4) is 0 Å². The molecule has 2 aliphatic heterocycles. The third kappa shape index (κ3) is 5.31. The van der Waals surface area contributed by atoms with E-state index in [0.29, 0.717) is 25.8 Å². The standard InChI is InChI=1S/C24H23Cl2N5O2S/c25-17-3-1-4-18(26)22(17)28-24-29-23(32)21(34-24)14-16-5-6-19-20(13-16)31(15-27-19)8-2-7-30-9-11-33-12-10-30/h1,3-6,13-15H,2,7-12H2,(H,28,29,32). The molecule has 1 N–H and O–H groups in total. The van der Waals surface area contributed by atoms with Crippen molar-refractivity contribution in [3.05, 3.63) is 63.2 Å². The van der Waals surface area contributed by atoms with Gasteiger partial charge in [0.15, 0.2) is 5.17 Å². The summed E-state index contributed by atoms with van der Waals surface area (Å²) >= 11 is 13.7. The van der Waals surface area contributed by atoms with Gasteiger partial charge in [0, 0.05) is 26.2 Å². The highest BCUT2D eigenvalue weighted by molar-refractivity contribution is 8.18. The van der Waals surface area contributed by atoms with Crippen LogP contribution in [0.1, 0.15) is 12.0 Å². The number of benzene rings is 2. The Kier molecular flexibility index (Phi) is 7.22. The van der Waals surface area contributed by atoms with Crippen molar-refractivity contribution in [2.75, 3.05) is 38.2 Å². The molecule has 0 aliphatic carbocycles. The predicted octanol–water partition coefficient (Wildman–Crippen LogP) is 5.15. The monoisotopic (exact) mass is 515 g/mol. The number of nitrogens with one attached hydrogen (secondary N) is 1. The highest BCUT2D eigenvalue weighted by Crippen LogP contribution is 2.34. The van der Waals surface area contributed by atoms with Crippen LogP contribution in [0.3, 0.4) is 0 Å². The first-order valence-corrected chi connectivity index (χ1v) is 12.6. The van der Waals surface area contributed by atoms with Crippen molar-refractivity contribution in [1.82, 2.24) is 14.5 Å². The molecule has 34 heavy (non-hydrogen) atoms. The average Bonchev–Trinajstić information content (AvgIpc) is 3.40. The van der Waals surface area contributed by atoms with Crippen molar-refractivity contribution in [3.63, 3.8) is 0 Å². The molecular weight excluding hydrogens is 493 g/mol. The van der Waals surface area contributed by atoms with E-state index >= 15 is 0 Å². The van der Waals surface area contributed by atoms with Crippen molar-refractivity contribution in [1.29, 1.82) is 0 Å². The van der Waals surface area contributed by atoms with Crippen molar-refractivity contribution >= 4 is 68.8 Å². The van der Waals surface area contributed by atoms with Gasteiger partial charge in [-0.25, -0.2) is 4.98 Å². The highest BCUT2D eigenvalue weighted by Gasteiger charge is 2.23. The molecule has 0 spiro atoms. The molecule has 176 valence electrons. The maximum absolute atomic E-state index is 12.5. The Hall–Kier alpha value is -2.36. The molecule has 1 fully saturated rings. The van der Waals surface area contributed by atoms with E-state index < -0.39 is 0 Å². The van der Waals surface area contributed by atoms with E-state index in [9.17, 15) is 4.79 Å². The van der Waals surface area contributed by atoms with Gasteiger partial charge in [0.1, 0.15) is 0 Å². The molecule has 0 radical (unpaired) electrons. The Bertz CT molecular complexity index is 1260. The summed E-state index contributed by atoms with van der Waals surface area (Å²) in [5.41, 5.74) is 3.44. The maximum atomic E-state index is 12.5. The lowest BCUT2D eigenvalue weighted by Crippen LogP contribution is -2.37. The number of aromatic nitrogens is 2. The molecule has 10 heteroatoms. The largest absolute Gasteiger partial charge is 0.379 e. The lowest BCUT2D eigenvalue weighted by atomic mass is 10.2. The summed E-state index contributed by atoms with van der Waals surface area (Å²) < 4.78 is 7.59. The molecule has 0 bridgehead atoms. The number of para-hydroxylation sites is 1. The fraction of sp³-hybridized carbons (Fsp3) is 0.292. The van der Waals surface area contributed by atoms with Crippen LogP contribution in [0.2, 0.25) is 10.0 Å². The average molecular weight is 516 g/mol. The molecule has 5 rings (SSSR count). The van der Waals surface area contributed by atoms with E-state index in [0.717, 1.165) is 62.4 Å². The number of amidine groups is 1. The third-order valence-corrected chi connectivity index (χ3v) is 7.26. The summed E-state index contributed by atoms with van der Waals surface area (Å²) in [5, 5.41) is 4.45. The summed E-state index contributed by atoms with van der Waals surface area (Å²) in [6, 6.07) is 11.2. The minimum Gasteiger partial charge on any atom is -0.379 e. The number of carbonyl (C=O) groups excluding carboxylic acids is 1. The molecule has 0 unspecified atom stereocenters. The molecule has 3 heterocycles. The fourth-order valence-corrected chi connectivity index (χ4v) is 5.28. The molecule has 2 aromatic carbocycles. The van der Waals surface area contributed by atoms with Gasteiger partial charge in [-0.05, 0) is 54.1 Å². The lowest BCUT2D eigenvalue weighted by Gasteiger charge is -2.26. The fourth-order valence-electron chi connectivity index (χ4n) is 3.97. The number of aryl methyl sites for hydroxylation is 1. The molecule has 0 saturated carbocycles. The number of aliphatic imine (C=N–C) groups is 1. The van der Waals surface area contributed by atoms with Crippen molar-refractivity contribution in [2.45, 2.75) is 13.0 Å². The second-order valence-corrected chi connectivity index (χ2v) is 9.89. The van der Waals surface area contributed by atoms with Crippen LogP contribution < -0.4 is 5.32 Å². The molecule has 0 atom stereocenters. The van der Waals surface area contributed by atoms with Gasteiger partial charge >= 0.3 is 0 Å². The third-order valence-electron chi connectivity index (χ3n) is 5.74. The summed E-state index contributed by atoms with van der Waals surface area (Å²) in [5.74, 6) is -0.296. The van der Waals surface area contributed by atoms with Gasteiger partial charge in [0.25, 0.3) is 5.91 Å². The lowest BCUT2D eigenvalue weighted by molar-refractivity contribution is -0.113. The van der Waals surface area contributed by atoms with E-state index in [2.05, 4.69) is 30.8 Å². The summed E-state index contributed by atoms with van der Waals surface area (Å²) in [6.45, 7) is 5.55. The van der Waals surface area contributed by atoms with Crippen LogP contribution in [0.25, 0.3) is 17.1 Å². The normalized spacial score (nSPS) is 18.1. The first kappa shape index (κ1) is 23.4. The van der Waals surface area contributed by atoms with Crippen LogP contribution >= 0.6 is 35.0 Å². The zero-order chi connectivity index (χ0) is 23.5. The number of morpholine rings is 1. The topological polar surface area (TPSA) is 71.8 Å². The molecule has 7 nitrogen and oxygen atoms in total. The van der Waals surface area contributed by atoms with Crippen LogP contribution in [0, 0.1) is 0 Å². The van der Waals surface area contributed by atoms with E-state index in [1.54, 1.807) is 18.2 Å². The first-order valence-electron chi connectivity index (χ1n) is 11.1. The SMILES string of the molecule is O=C1N=C(Nc2c(Cl)cccc2Cl)SC1=Cc1ccc2ncn(CCCN3CCOCC3)c2c1. The molecule has 1 saturated heterocycles. The Balaban J connectivity index is 1.27. The number of thioether (sulfide) groups is 1. The maximum Gasteiger partial charge on any atom is 0.286 e. The number of fused-ring (bicyclic) bond motifs is 1. The number of ether oxygens (including phenoxy) is 1. The Morgan fingerprint density at radius 1 is 1.12 bits per heavy atom. The number of hydrogen-bond acceptors (Lipinski definition) is 6. The minimum absolute atomic E-state index is 0.296. The molecule has 2 aliphatic rings. The van der Waals surface area contributed by atoms with Crippen LogP contribution in [0.4, 0.5) is 5.69 Å². The van der Waals surface area contributed by atoms with E-state index in [1.165, 1.54) is 11.8 Å². The molecular formula is C24H23Cl2N5O2S. The number of anilines is 1. The minimum atomic E-state index is -0.296. The zero-order valence-electron chi connectivity index (χ0n) is 18.3. The zero-order valence-corrected chi connectivity index (χ0v) is 20.7. The van der Waals surface area contributed by atoms with Gasteiger partial charge in [-0.2, -0.15) is 4.99 Å². The van der Waals surface area contributed by atoms with Gasteiger partial charge < -0.3 is 14.6 Å². The number of halogens is 2. The number of hydrogen-bond donors (Lipinski definition) is 1. The van der Waals surface area contributed by atoms with Crippen molar-refractivity contribution < 1.29 is 9.53 Å². The van der Waals surface area contributed by atoms with Crippen LogP contribution in [0.5, 0.6) is 0 Å². The van der Waals surface area contributed by atoms with E-state index in [4.69, 9.17) is 27.9 Å². The predicted molar refractivity (Wildman–Crippen MR) is 140 cm³/mol. The second kappa shape index (κ2) is 10.5. The number of rotatable bonds is 6. The van der Waals surface area contributed by atoms with E-state index in [1.807, 2.05) is 24.5 Å². The van der Waals surface area contributed by atoms with Gasteiger partial charge in [-0.1, -0.05) is 35.3 Å². The summed E-state index contributed by atoms with van der Waals surface area (Å²) in [4.78, 5) is 24.1. The van der Waals surface area contributed by atoms with Crippen LogP contribution in [-0.2, 0) is 16.1 Å². The Morgan fingerprint density at radius 3 is 2.71 bits per heavy atom. The Morgan fingerprint density at radius 2 is 1.91 bits per heavy atom. The molecule has 1 amide bonds. The van der Waals surface area contributed by atoms with Crippen molar-refractivity contribution in [2.24, 2.45) is 4.99 Å². The van der Waals surface area contributed by atoms with Crippen LogP contribution in [-0.4, -0.2) is 58.4 Å². The molecule has 1 aromatic heterocycles. The second-order valence-electron chi connectivity index (χ2n) is 8.05. The number of imidazole rings is 1. The first-order chi connectivity index (χ1) is 16.6. The summed E-state index contributed by atoms with van der Waals surface area (Å²) in [7, 11) is 0. The smallest absolute Gasteiger partial charge is 0.286 e. The highest BCUT2D eigenvalue weighted by atomic mass is 35.5. The molecule has 3 aromatic rings. The van der Waals surface area contributed by atoms with Gasteiger partial charge in [-0.3, -0.25) is 9.69 Å². The number of nitrogens with zero attached hydrogens (tertiary/aromatic N) is 4. The summed E-state index contributed by atoms with van der Waals surface area (Å²) in [6.07, 6.45) is 4.78. The number of carbonyl (C=O) groups is 1.